The van der Waals surface area contributed by atoms with E-state index in [9.17, 15) is 4.79 Å². The third-order valence-electron chi connectivity index (χ3n) is 4.08. The molecule has 130 valence electrons. The van der Waals surface area contributed by atoms with Gasteiger partial charge in [0.05, 0.1) is 25.3 Å². The van der Waals surface area contributed by atoms with Crippen LogP contribution in [0.4, 0.5) is 0 Å². The molecule has 0 aliphatic heterocycles. The van der Waals surface area contributed by atoms with Crippen LogP contribution < -0.4 is 14.8 Å². The molecule has 0 bridgehead atoms. The first-order valence-electron chi connectivity index (χ1n) is 8.05. The summed E-state index contributed by atoms with van der Waals surface area (Å²) in [6.45, 7) is 3.12. The predicted octanol–water partition coefficient (Wildman–Crippen LogP) is 2.79. The number of rotatable bonds is 6. The molecular weight excluding hydrogens is 318 g/mol. The number of ether oxygens (including phenoxy) is 2. The van der Waals surface area contributed by atoms with Crippen LogP contribution in [0.15, 0.2) is 42.5 Å². The van der Waals surface area contributed by atoms with Crippen molar-refractivity contribution in [3.8, 4) is 11.5 Å². The van der Waals surface area contributed by atoms with Gasteiger partial charge in [-0.05, 0) is 31.2 Å². The number of aromatic nitrogens is 2. The summed E-state index contributed by atoms with van der Waals surface area (Å²) in [5.74, 6) is 1.93. The van der Waals surface area contributed by atoms with E-state index in [0.717, 1.165) is 16.9 Å². The van der Waals surface area contributed by atoms with E-state index in [-0.39, 0.29) is 5.91 Å². The zero-order valence-electron chi connectivity index (χ0n) is 14.6. The summed E-state index contributed by atoms with van der Waals surface area (Å²) >= 11 is 0. The number of hydrogen-bond acceptors (Lipinski definition) is 4. The molecule has 2 aromatic carbocycles. The van der Waals surface area contributed by atoms with Crippen LogP contribution in [0.1, 0.15) is 16.2 Å². The van der Waals surface area contributed by atoms with Crippen LogP contribution >= 0.6 is 0 Å². The maximum Gasteiger partial charge on any atom is 0.251 e. The molecule has 0 aliphatic rings. The number of methoxy groups -OCH3 is 2. The maximum atomic E-state index is 12.4. The highest BCUT2D eigenvalue weighted by molar-refractivity contribution is 5.95. The first-order chi connectivity index (χ1) is 12.1. The van der Waals surface area contributed by atoms with Gasteiger partial charge < -0.3 is 19.4 Å². The average Bonchev–Trinajstić information content (AvgIpc) is 2.96. The molecule has 3 rings (SSSR count). The van der Waals surface area contributed by atoms with Crippen LogP contribution in [0.5, 0.6) is 11.5 Å². The molecule has 6 nitrogen and oxygen atoms in total. The SMILES string of the molecule is COc1cc(OC)cc(C(=O)NCCn2c(C)nc3ccccc32)c1. The Hall–Kier alpha value is -3.02. The van der Waals surface area contributed by atoms with Gasteiger partial charge in [-0.2, -0.15) is 0 Å². The second-order valence-corrected chi connectivity index (χ2v) is 5.66. The van der Waals surface area contributed by atoms with Crippen molar-refractivity contribution in [3.05, 3.63) is 53.9 Å². The van der Waals surface area contributed by atoms with E-state index in [0.29, 0.717) is 30.2 Å². The van der Waals surface area contributed by atoms with E-state index in [1.807, 2.05) is 31.2 Å². The lowest BCUT2D eigenvalue weighted by Crippen LogP contribution is -2.27. The maximum absolute atomic E-state index is 12.4. The molecule has 0 aliphatic carbocycles. The smallest absolute Gasteiger partial charge is 0.251 e. The minimum Gasteiger partial charge on any atom is -0.497 e. The average molecular weight is 339 g/mol. The summed E-state index contributed by atoms with van der Waals surface area (Å²) in [6.07, 6.45) is 0. The van der Waals surface area contributed by atoms with Crippen LogP contribution in [0.2, 0.25) is 0 Å². The van der Waals surface area contributed by atoms with Gasteiger partial charge in [-0.1, -0.05) is 12.1 Å². The number of benzene rings is 2. The lowest BCUT2D eigenvalue weighted by Gasteiger charge is -2.10. The standard InChI is InChI=1S/C19H21N3O3/c1-13-21-17-6-4-5-7-18(17)22(13)9-8-20-19(23)14-10-15(24-2)12-16(11-14)25-3/h4-7,10-12H,8-9H2,1-3H3,(H,20,23). The number of nitrogens with zero attached hydrogens (tertiary/aromatic N) is 2. The van der Waals surface area contributed by atoms with Crippen molar-refractivity contribution in [2.24, 2.45) is 0 Å². The number of amides is 1. The van der Waals surface area contributed by atoms with Crippen molar-refractivity contribution in [3.63, 3.8) is 0 Å². The van der Waals surface area contributed by atoms with E-state index >= 15 is 0 Å². The van der Waals surface area contributed by atoms with Crippen LogP contribution in [0.25, 0.3) is 11.0 Å². The second-order valence-electron chi connectivity index (χ2n) is 5.66. The molecule has 0 fully saturated rings. The molecular formula is C19H21N3O3. The fraction of sp³-hybridized carbons (Fsp3) is 0.263. The minimum absolute atomic E-state index is 0.167. The number of imidazole rings is 1. The van der Waals surface area contributed by atoms with Gasteiger partial charge in [-0.3, -0.25) is 4.79 Å². The molecule has 1 amide bonds. The first kappa shape index (κ1) is 16.8. The summed E-state index contributed by atoms with van der Waals surface area (Å²) in [6, 6.07) is 13.1. The molecule has 0 unspecified atom stereocenters. The van der Waals surface area contributed by atoms with Gasteiger partial charge in [0.25, 0.3) is 5.91 Å². The summed E-state index contributed by atoms with van der Waals surface area (Å²) in [4.78, 5) is 16.9. The normalized spacial score (nSPS) is 10.7. The highest BCUT2D eigenvalue weighted by atomic mass is 16.5. The first-order valence-corrected chi connectivity index (χ1v) is 8.05. The predicted molar refractivity (Wildman–Crippen MR) is 96.3 cm³/mol. The summed E-state index contributed by atoms with van der Waals surface area (Å²) in [5, 5.41) is 2.93. The number of carbonyl (C=O) groups is 1. The molecule has 25 heavy (non-hydrogen) atoms. The van der Waals surface area contributed by atoms with Gasteiger partial charge >= 0.3 is 0 Å². The van der Waals surface area contributed by atoms with Crippen LogP contribution in [0, 0.1) is 6.92 Å². The zero-order valence-corrected chi connectivity index (χ0v) is 14.6. The highest BCUT2D eigenvalue weighted by Crippen LogP contribution is 2.22. The van der Waals surface area contributed by atoms with E-state index in [2.05, 4.69) is 14.9 Å². The minimum atomic E-state index is -0.167. The molecule has 1 aromatic heterocycles. The monoisotopic (exact) mass is 339 g/mol. The van der Waals surface area contributed by atoms with Gasteiger partial charge in [0.15, 0.2) is 0 Å². The Bertz CT molecular complexity index is 880. The zero-order chi connectivity index (χ0) is 17.8. The number of fused-ring (bicyclic) bond motifs is 1. The van der Waals surface area contributed by atoms with Crippen molar-refractivity contribution < 1.29 is 14.3 Å². The van der Waals surface area contributed by atoms with E-state index < -0.39 is 0 Å². The van der Waals surface area contributed by atoms with Crippen molar-refractivity contribution in [2.45, 2.75) is 13.5 Å². The largest absolute Gasteiger partial charge is 0.497 e. The third kappa shape index (κ3) is 3.57. The highest BCUT2D eigenvalue weighted by Gasteiger charge is 2.11. The third-order valence-corrected chi connectivity index (χ3v) is 4.08. The van der Waals surface area contributed by atoms with Crippen LogP contribution in [-0.2, 0) is 6.54 Å². The number of aryl methyl sites for hydroxylation is 1. The number of carbonyl (C=O) groups excluding carboxylic acids is 1. The van der Waals surface area contributed by atoms with Crippen molar-refractivity contribution in [2.75, 3.05) is 20.8 Å². The number of hydrogen-bond donors (Lipinski definition) is 1. The molecule has 0 saturated heterocycles. The molecule has 1 heterocycles. The fourth-order valence-electron chi connectivity index (χ4n) is 2.80. The molecule has 0 radical (unpaired) electrons. The molecule has 3 aromatic rings. The van der Waals surface area contributed by atoms with E-state index in [4.69, 9.17) is 9.47 Å². The van der Waals surface area contributed by atoms with Crippen molar-refractivity contribution in [1.29, 1.82) is 0 Å². The Morgan fingerprint density at radius 2 is 1.80 bits per heavy atom. The molecule has 0 atom stereocenters. The van der Waals surface area contributed by atoms with Gasteiger partial charge in [0, 0.05) is 24.7 Å². The lowest BCUT2D eigenvalue weighted by molar-refractivity contribution is 0.0951. The number of nitrogens with one attached hydrogen (secondary N) is 1. The Kier molecular flexibility index (Phi) is 4.88. The van der Waals surface area contributed by atoms with Gasteiger partial charge in [0.1, 0.15) is 17.3 Å². The lowest BCUT2D eigenvalue weighted by atomic mass is 10.2. The molecule has 1 N–H and O–H groups in total. The number of para-hydroxylation sites is 2. The topological polar surface area (TPSA) is 65.4 Å². The second kappa shape index (κ2) is 7.25. The molecule has 6 heteroatoms. The van der Waals surface area contributed by atoms with Crippen molar-refractivity contribution in [1.82, 2.24) is 14.9 Å². The van der Waals surface area contributed by atoms with Crippen LogP contribution in [0.3, 0.4) is 0 Å². The molecule has 0 saturated carbocycles. The summed E-state index contributed by atoms with van der Waals surface area (Å²) in [5.41, 5.74) is 2.53. The Labute approximate surface area is 146 Å². The fourth-order valence-corrected chi connectivity index (χ4v) is 2.80. The Morgan fingerprint density at radius 1 is 1.12 bits per heavy atom. The van der Waals surface area contributed by atoms with E-state index in [1.54, 1.807) is 32.4 Å². The summed E-state index contributed by atoms with van der Waals surface area (Å²) < 4.78 is 12.5. The van der Waals surface area contributed by atoms with Gasteiger partial charge in [-0.25, -0.2) is 4.98 Å². The van der Waals surface area contributed by atoms with E-state index in [1.165, 1.54) is 0 Å². The molecule has 0 spiro atoms. The Balaban J connectivity index is 1.69. The van der Waals surface area contributed by atoms with Gasteiger partial charge in [0.2, 0.25) is 0 Å². The summed E-state index contributed by atoms with van der Waals surface area (Å²) in [7, 11) is 3.12. The quantitative estimate of drug-likeness (QED) is 0.750. The van der Waals surface area contributed by atoms with Crippen molar-refractivity contribution >= 4 is 16.9 Å². The van der Waals surface area contributed by atoms with Crippen LogP contribution in [-0.4, -0.2) is 36.2 Å². The Morgan fingerprint density at radius 3 is 2.48 bits per heavy atom. The van der Waals surface area contributed by atoms with Gasteiger partial charge in [-0.15, -0.1) is 0 Å².